The van der Waals surface area contributed by atoms with Crippen LogP contribution in [0.3, 0.4) is 0 Å². The van der Waals surface area contributed by atoms with Crippen molar-refractivity contribution in [3.05, 3.63) is 67.4 Å². The number of rotatable bonds is 5. The summed E-state index contributed by atoms with van der Waals surface area (Å²) < 4.78 is 26.7. The second-order valence-electron chi connectivity index (χ2n) is 5.77. The van der Waals surface area contributed by atoms with Crippen molar-refractivity contribution in [1.82, 2.24) is 9.78 Å². The molecule has 0 aliphatic carbocycles. The lowest BCUT2D eigenvalue weighted by Crippen LogP contribution is -2.13. The number of benzene rings is 2. The van der Waals surface area contributed by atoms with Crippen LogP contribution in [-0.4, -0.2) is 21.5 Å². The predicted molar refractivity (Wildman–Crippen MR) is 105 cm³/mol. The molecule has 2 heterocycles. The monoisotopic (exact) mass is 437 g/mol. The highest BCUT2D eigenvalue weighted by atomic mass is 32.2. The zero-order valence-corrected chi connectivity index (χ0v) is 16.6. The summed E-state index contributed by atoms with van der Waals surface area (Å²) in [5.74, 6) is 0.709. The first-order valence-electron chi connectivity index (χ1n) is 8.01. The van der Waals surface area contributed by atoms with Gasteiger partial charge in [0.2, 0.25) is 0 Å². The van der Waals surface area contributed by atoms with E-state index < -0.39 is 4.92 Å². The Labute approximate surface area is 171 Å². The second-order valence-corrected chi connectivity index (χ2v) is 8.62. The Kier molecular flexibility index (Phi) is 5.40. The number of hydrogen-bond donors (Lipinski definition) is 0. The van der Waals surface area contributed by atoms with Crippen LogP contribution in [0.25, 0.3) is 5.69 Å². The topological polar surface area (TPSA) is 79.4 Å². The molecule has 0 saturated carbocycles. The standard InChI is InChI=1S/C17H12FN3O4S3/c18-12-1-3-13(4-2-12)20-17(26)28-16(19-20)27-8-11-6-14(21(22)23)5-10-7-24-9-25-15(10)11/h1-6H,7-9H2. The number of aromatic nitrogens is 2. The number of ether oxygens (including phenoxy) is 2. The van der Waals surface area contributed by atoms with Crippen LogP contribution in [0.2, 0.25) is 0 Å². The molecule has 0 N–H and O–H groups in total. The number of nitrogens with zero attached hydrogens (tertiary/aromatic N) is 3. The van der Waals surface area contributed by atoms with Crippen LogP contribution in [0.5, 0.6) is 5.75 Å². The van der Waals surface area contributed by atoms with E-state index >= 15 is 0 Å². The number of nitro groups is 1. The van der Waals surface area contributed by atoms with E-state index in [0.717, 1.165) is 0 Å². The third-order valence-corrected chi connectivity index (χ3v) is 6.35. The first kappa shape index (κ1) is 19.0. The van der Waals surface area contributed by atoms with Gasteiger partial charge >= 0.3 is 0 Å². The predicted octanol–water partition coefficient (Wildman–Crippen LogP) is 4.87. The van der Waals surface area contributed by atoms with Gasteiger partial charge < -0.3 is 9.47 Å². The molecule has 0 bridgehead atoms. The Morgan fingerprint density at radius 3 is 2.89 bits per heavy atom. The molecular weight excluding hydrogens is 425 g/mol. The van der Waals surface area contributed by atoms with Gasteiger partial charge in [0.1, 0.15) is 11.6 Å². The van der Waals surface area contributed by atoms with Gasteiger partial charge in [0.15, 0.2) is 15.1 Å². The lowest BCUT2D eigenvalue weighted by molar-refractivity contribution is -0.385. The normalized spacial score (nSPS) is 13.0. The van der Waals surface area contributed by atoms with Crippen LogP contribution in [0, 0.1) is 19.9 Å². The van der Waals surface area contributed by atoms with E-state index in [0.29, 0.717) is 36.6 Å². The van der Waals surface area contributed by atoms with Crippen molar-refractivity contribution < 1.29 is 18.8 Å². The zero-order valence-electron chi connectivity index (χ0n) is 14.2. The number of non-ortho nitro benzene ring substituents is 1. The summed E-state index contributed by atoms with van der Waals surface area (Å²) in [6.07, 6.45) is 0. The van der Waals surface area contributed by atoms with E-state index in [2.05, 4.69) is 5.10 Å². The molecule has 0 radical (unpaired) electrons. The van der Waals surface area contributed by atoms with E-state index in [9.17, 15) is 14.5 Å². The summed E-state index contributed by atoms with van der Waals surface area (Å²) in [7, 11) is 0. The molecule has 0 unspecified atom stereocenters. The van der Waals surface area contributed by atoms with E-state index in [1.54, 1.807) is 16.8 Å². The Hall–Kier alpha value is -2.34. The fourth-order valence-electron chi connectivity index (χ4n) is 2.70. The molecule has 1 aliphatic heterocycles. The van der Waals surface area contributed by atoms with Crippen molar-refractivity contribution in [2.45, 2.75) is 16.7 Å². The fourth-order valence-corrected chi connectivity index (χ4v) is 5.03. The number of nitro benzene ring substituents is 1. The van der Waals surface area contributed by atoms with E-state index in [1.807, 2.05) is 0 Å². The van der Waals surface area contributed by atoms with Crippen LogP contribution in [0.15, 0.2) is 40.7 Å². The summed E-state index contributed by atoms with van der Waals surface area (Å²) >= 11 is 8.07. The maximum Gasteiger partial charge on any atom is 0.270 e. The second kappa shape index (κ2) is 7.95. The highest BCUT2D eigenvalue weighted by Gasteiger charge is 2.21. The Morgan fingerprint density at radius 1 is 1.36 bits per heavy atom. The molecule has 28 heavy (non-hydrogen) atoms. The average molecular weight is 437 g/mol. The summed E-state index contributed by atoms with van der Waals surface area (Å²) in [5, 5.41) is 15.7. The third-order valence-electron chi connectivity index (χ3n) is 3.93. The SMILES string of the molecule is O=[N+]([O-])c1cc2c(c(CSc3nn(-c4ccc(F)cc4)c(=S)s3)c1)OCOC2. The molecule has 0 amide bonds. The van der Waals surface area contributed by atoms with Gasteiger partial charge in [0.05, 0.1) is 17.2 Å². The van der Waals surface area contributed by atoms with Gasteiger partial charge in [-0.2, -0.15) is 0 Å². The van der Waals surface area contributed by atoms with Gasteiger partial charge in [-0.1, -0.05) is 23.1 Å². The summed E-state index contributed by atoms with van der Waals surface area (Å²) in [5.41, 5.74) is 2.02. The molecule has 4 rings (SSSR count). The zero-order chi connectivity index (χ0) is 19.7. The van der Waals surface area contributed by atoms with Crippen molar-refractivity contribution in [2.75, 3.05) is 6.79 Å². The quantitative estimate of drug-likeness (QED) is 0.244. The van der Waals surface area contributed by atoms with Crippen LogP contribution in [-0.2, 0) is 17.1 Å². The van der Waals surface area contributed by atoms with Gasteiger partial charge in [-0.25, -0.2) is 9.07 Å². The minimum atomic E-state index is -0.434. The van der Waals surface area contributed by atoms with Crippen LogP contribution < -0.4 is 4.74 Å². The molecule has 11 heteroatoms. The number of halogens is 1. The molecule has 0 fully saturated rings. The lowest BCUT2D eigenvalue weighted by atomic mass is 10.1. The summed E-state index contributed by atoms with van der Waals surface area (Å²) in [6, 6.07) is 8.87. The van der Waals surface area contributed by atoms with Gasteiger partial charge in [-0.05, 0) is 36.5 Å². The maximum atomic E-state index is 13.1. The minimum absolute atomic E-state index is 0.00655. The number of fused-ring (bicyclic) bond motifs is 1. The summed E-state index contributed by atoms with van der Waals surface area (Å²) in [6.45, 7) is 0.382. The van der Waals surface area contributed by atoms with Crippen molar-refractivity contribution in [3.8, 4) is 11.4 Å². The third kappa shape index (κ3) is 3.92. The Bertz CT molecular complexity index is 1100. The molecule has 3 aromatic rings. The Balaban J connectivity index is 1.59. The van der Waals surface area contributed by atoms with Crippen molar-refractivity contribution in [1.29, 1.82) is 0 Å². The van der Waals surface area contributed by atoms with Crippen LogP contribution >= 0.6 is 35.3 Å². The van der Waals surface area contributed by atoms with Gasteiger partial charge in [0.25, 0.3) is 5.69 Å². The molecular formula is C17H12FN3O4S3. The molecule has 144 valence electrons. The largest absolute Gasteiger partial charge is 0.467 e. The maximum absolute atomic E-state index is 13.1. The molecule has 7 nitrogen and oxygen atoms in total. The Morgan fingerprint density at radius 2 is 2.14 bits per heavy atom. The number of hydrogen-bond acceptors (Lipinski definition) is 8. The average Bonchev–Trinajstić information content (AvgIpc) is 3.07. The number of thioether (sulfide) groups is 1. The minimum Gasteiger partial charge on any atom is -0.467 e. The molecule has 0 saturated heterocycles. The molecule has 1 aromatic heterocycles. The first-order chi connectivity index (χ1) is 13.5. The van der Waals surface area contributed by atoms with Crippen LogP contribution in [0.4, 0.5) is 10.1 Å². The highest BCUT2D eigenvalue weighted by Crippen LogP contribution is 2.37. The summed E-state index contributed by atoms with van der Waals surface area (Å²) in [4.78, 5) is 10.8. The van der Waals surface area contributed by atoms with Crippen molar-refractivity contribution in [2.24, 2.45) is 0 Å². The van der Waals surface area contributed by atoms with Crippen molar-refractivity contribution in [3.63, 3.8) is 0 Å². The molecule has 0 atom stereocenters. The van der Waals surface area contributed by atoms with Crippen molar-refractivity contribution >= 4 is 41.0 Å². The van der Waals surface area contributed by atoms with E-state index in [-0.39, 0.29) is 24.9 Å². The van der Waals surface area contributed by atoms with Gasteiger partial charge in [-0.3, -0.25) is 10.1 Å². The first-order valence-corrected chi connectivity index (χ1v) is 10.2. The lowest BCUT2D eigenvalue weighted by Gasteiger charge is -2.20. The fraction of sp³-hybridized carbons (Fsp3) is 0.176. The van der Waals surface area contributed by atoms with Gasteiger partial charge in [0, 0.05) is 29.0 Å². The van der Waals surface area contributed by atoms with Crippen LogP contribution in [0.1, 0.15) is 11.1 Å². The smallest absolute Gasteiger partial charge is 0.270 e. The van der Waals surface area contributed by atoms with Gasteiger partial charge in [-0.15, -0.1) is 5.10 Å². The highest BCUT2D eigenvalue weighted by molar-refractivity contribution is 8.00. The molecule has 0 spiro atoms. The molecule has 2 aromatic carbocycles. The van der Waals surface area contributed by atoms with E-state index in [4.69, 9.17) is 21.7 Å². The van der Waals surface area contributed by atoms with E-state index in [1.165, 1.54) is 47.4 Å². The molecule has 1 aliphatic rings.